The largest absolute Gasteiger partial charge is 0.507 e. The van der Waals surface area contributed by atoms with Crippen LogP contribution in [-0.4, -0.2) is 28.4 Å². The van der Waals surface area contributed by atoms with Crippen LogP contribution in [0.3, 0.4) is 0 Å². The summed E-state index contributed by atoms with van der Waals surface area (Å²) in [6, 6.07) is 17.1. The number of aryl methyl sites for hydroxylation is 1. The van der Waals surface area contributed by atoms with Gasteiger partial charge in [0.05, 0.1) is 28.4 Å². The third kappa shape index (κ3) is 4.91. The summed E-state index contributed by atoms with van der Waals surface area (Å²) < 4.78 is 20.4. The number of Topliss-reactive ketones (excluding diaryl/α,β-unsaturated/α-hetero) is 1. The summed E-state index contributed by atoms with van der Waals surface area (Å²) >= 11 is 1.30. The molecule has 0 bridgehead atoms. The third-order valence-corrected chi connectivity index (χ3v) is 7.46. The van der Waals surface area contributed by atoms with Gasteiger partial charge in [-0.3, -0.25) is 14.5 Å². The van der Waals surface area contributed by atoms with Gasteiger partial charge < -0.3 is 9.84 Å². The zero-order chi connectivity index (χ0) is 27.0. The molecule has 1 saturated heterocycles. The van der Waals surface area contributed by atoms with Crippen LogP contribution in [0.4, 0.5) is 9.52 Å². The summed E-state index contributed by atoms with van der Waals surface area (Å²) in [5.74, 6) is -1.41. The molecule has 1 unspecified atom stereocenters. The molecule has 1 amide bonds. The summed E-state index contributed by atoms with van der Waals surface area (Å²) in [6.45, 7) is 6.72. The van der Waals surface area contributed by atoms with Crippen molar-refractivity contribution in [3.8, 4) is 5.75 Å². The highest BCUT2D eigenvalue weighted by molar-refractivity contribution is 7.22. The second kappa shape index (κ2) is 10.4. The molecule has 1 atom stereocenters. The average Bonchev–Trinajstić information content (AvgIpc) is 3.41. The number of aliphatic hydroxyl groups excluding tert-OH is 1. The minimum absolute atomic E-state index is 0.0867. The van der Waals surface area contributed by atoms with Crippen molar-refractivity contribution in [1.82, 2.24) is 4.98 Å². The Morgan fingerprint density at radius 3 is 2.61 bits per heavy atom. The van der Waals surface area contributed by atoms with Crippen molar-refractivity contribution < 1.29 is 23.8 Å². The molecular formula is C30H27FN2O4S. The Labute approximate surface area is 224 Å². The number of hydrogen-bond donors (Lipinski definition) is 1. The highest BCUT2D eigenvalue weighted by Gasteiger charge is 2.48. The lowest BCUT2D eigenvalue weighted by Gasteiger charge is -2.23. The van der Waals surface area contributed by atoms with E-state index < -0.39 is 23.5 Å². The van der Waals surface area contributed by atoms with Crippen molar-refractivity contribution in [3.05, 3.63) is 94.8 Å². The molecule has 38 heavy (non-hydrogen) atoms. The number of halogens is 1. The molecule has 4 aromatic rings. The lowest BCUT2D eigenvalue weighted by atomic mass is 9.95. The van der Waals surface area contributed by atoms with Crippen molar-refractivity contribution in [3.63, 3.8) is 0 Å². The summed E-state index contributed by atoms with van der Waals surface area (Å²) in [6.07, 6.45) is 0.873. The van der Waals surface area contributed by atoms with E-state index in [1.54, 1.807) is 18.2 Å². The zero-order valence-corrected chi connectivity index (χ0v) is 22.1. The van der Waals surface area contributed by atoms with E-state index in [2.05, 4.69) is 18.8 Å². The first kappa shape index (κ1) is 25.6. The molecule has 3 aromatic carbocycles. The van der Waals surface area contributed by atoms with Gasteiger partial charge in [-0.25, -0.2) is 9.37 Å². The Kier molecular flexibility index (Phi) is 6.99. The van der Waals surface area contributed by atoms with Crippen LogP contribution in [-0.2, 0) is 9.59 Å². The smallest absolute Gasteiger partial charge is 0.301 e. The number of hydrogen-bond acceptors (Lipinski definition) is 6. The standard InChI is InChI=1S/C30H27FN2O4S/c1-17(2)13-14-37-22-6-4-5-20(16-22)26-25(27(34)19-8-10-21(31)11-9-19)28(35)29(36)33(26)30-32-23-12-7-18(3)15-24(23)38-30/h4-12,15-17,26,34H,13-14H2,1-3H3/b27-25+. The van der Waals surface area contributed by atoms with Crippen molar-refractivity contribution >= 4 is 44.1 Å². The first-order chi connectivity index (χ1) is 18.2. The van der Waals surface area contributed by atoms with Gasteiger partial charge in [0.25, 0.3) is 5.78 Å². The van der Waals surface area contributed by atoms with Crippen LogP contribution in [0.2, 0.25) is 0 Å². The van der Waals surface area contributed by atoms with Gasteiger partial charge in [-0.05, 0) is 78.9 Å². The fourth-order valence-electron chi connectivity index (χ4n) is 4.42. The fourth-order valence-corrected chi connectivity index (χ4v) is 5.51. The normalized spacial score (nSPS) is 17.1. The topological polar surface area (TPSA) is 79.7 Å². The van der Waals surface area contributed by atoms with E-state index in [-0.39, 0.29) is 16.9 Å². The van der Waals surface area contributed by atoms with Gasteiger partial charge in [-0.15, -0.1) is 0 Å². The van der Waals surface area contributed by atoms with Gasteiger partial charge in [0, 0.05) is 5.56 Å². The molecule has 1 aliphatic rings. The molecule has 5 rings (SSSR count). The van der Waals surface area contributed by atoms with Crippen molar-refractivity contribution in [2.24, 2.45) is 5.92 Å². The van der Waals surface area contributed by atoms with Crippen LogP contribution >= 0.6 is 11.3 Å². The van der Waals surface area contributed by atoms with Crippen molar-refractivity contribution in [2.45, 2.75) is 33.2 Å². The predicted molar refractivity (Wildman–Crippen MR) is 147 cm³/mol. The number of amides is 1. The number of fused-ring (bicyclic) bond motifs is 1. The van der Waals surface area contributed by atoms with Gasteiger partial charge in [-0.1, -0.05) is 43.4 Å². The summed E-state index contributed by atoms with van der Waals surface area (Å²) in [7, 11) is 0. The number of ketones is 1. The number of carbonyl (C=O) groups excluding carboxylic acids is 2. The molecule has 1 N–H and O–H groups in total. The highest BCUT2D eigenvalue weighted by Crippen LogP contribution is 2.45. The van der Waals surface area contributed by atoms with Gasteiger partial charge in [0.2, 0.25) is 0 Å². The van der Waals surface area contributed by atoms with Crippen LogP contribution in [0.5, 0.6) is 5.75 Å². The van der Waals surface area contributed by atoms with E-state index in [9.17, 15) is 19.1 Å². The maximum Gasteiger partial charge on any atom is 0.301 e. The van der Waals surface area contributed by atoms with Gasteiger partial charge in [0.1, 0.15) is 17.3 Å². The van der Waals surface area contributed by atoms with E-state index in [1.807, 2.05) is 31.2 Å². The second-order valence-electron chi connectivity index (χ2n) is 9.75. The quantitative estimate of drug-likeness (QED) is 0.162. The molecule has 0 spiro atoms. The Morgan fingerprint density at radius 1 is 1.11 bits per heavy atom. The lowest BCUT2D eigenvalue weighted by Crippen LogP contribution is -2.29. The number of rotatable bonds is 7. The minimum atomic E-state index is -0.949. The highest BCUT2D eigenvalue weighted by atomic mass is 32.1. The van der Waals surface area contributed by atoms with Crippen LogP contribution in [0.1, 0.15) is 43.0 Å². The molecule has 8 heteroatoms. The Balaban J connectivity index is 1.65. The summed E-state index contributed by atoms with van der Waals surface area (Å²) in [4.78, 5) is 32.9. The molecule has 1 aromatic heterocycles. The minimum Gasteiger partial charge on any atom is -0.507 e. The van der Waals surface area contributed by atoms with Gasteiger partial charge >= 0.3 is 5.91 Å². The zero-order valence-electron chi connectivity index (χ0n) is 21.3. The first-order valence-corrected chi connectivity index (χ1v) is 13.2. The molecule has 2 heterocycles. The van der Waals surface area contributed by atoms with Crippen LogP contribution < -0.4 is 9.64 Å². The number of nitrogens with zero attached hydrogens (tertiary/aromatic N) is 2. The Morgan fingerprint density at radius 2 is 1.87 bits per heavy atom. The molecule has 6 nitrogen and oxygen atoms in total. The van der Waals surface area contributed by atoms with Gasteiger partial charge in [0.15, 0.2) is 5.13 Å². The molecule has 1 fully saturated rings. The van der Waals surface area contributed by atoms with E-state index in [4.69, 9.17) is 4.74 Å². The van der Waals surface area contributed by atoms with E-state index in [0.717, 1.165) is 16.7 Å². The van der Waals surface area contributed by atoms with Crippen molar-refractivity contribution in [1.29, 1.82) is 0 Å². The summed E-state index contributed by atoms with van der Waals surface area (Å²) in [5, 5.41) is 11.6. The van der Waals surface area contributed by atoms with Crippen LogP contribution in [0.25, 0.3) is 16.0 Å². The van der Waals surface area contributed by atoms with Crippen LogP contribution in [0.15, 0.2) is 72.3 Å². The van der Waals surface area contributed by atoms with Crippen LogP contribution in [0, 0.1) is 18.7 Å². The average molecular weight is 531 g/mol. The van der Waals surface area contributed by atoms with Gasteiger partial charge in [-0.2, -0.15) is 0 Å². The maximum atomic E-state index is 13.6. The van der Waals surface area contributed by atoms with E-state index >= 15 is 0 Å². The predicted octanol–water partition coefficient (Wildman–Crippen LogP) is 6.80. The molecule has 0 radical (unpaired) electrons. The summed E-state index contributed by atoms with van der Waals surface area (Å²) in [5.41, 5.74) is 2.50. The molecule has 0 saturated carbocycles. The van der Waals surface area contributed by atoms with E-state index in [1.165, 1.54) is 40.5 Å². The number of aromatic nitrogens is 1. The molecular weight excluding hydrogens is 503 g/mol. The van der Waals surface area contributed by atoms with Crippen molar-refractivity contribution in [2.75, 3.05) is 11.5 Å². The number of aliphatic hydroxyl groups is 1. The number of benzene rings is 3. The SMILES string of the molecule is Cc1ccc2nc(N3C(=O)C(=O)/C(=C(/O)c4ccc(F)cc4)C3c3cccc(OCCC(C)C)c3)sc2c1. The molecule has 194 valence electrons. The lowest BCUT2D eigenvalue weighted by molar-refractivity contribution is -0.132. The number of anilines is 1. The third-order valence-electron chi connectivity index (χ3n) is 6.44. The monoisotopic (exact) mass is 530 g/mol. The number of thiazole rings is 1. The fraction of sp³-hybridized carbons (Fsp3) is 0.233. The number of ether oxygens (including phenoxy) is 1. The second-order valence-corrected chi connectivity index (χ2v) is 10.8. The maximum absolute atomic E-state index is 13.6. The molecule has 1 aliphatic heterocycles. The van der Waals surface area contributed by atoms with E-state index in [0.29, 0.717) is 34.5 Å². The number of carbonyl (C=O) groups is 2. The Bertz CT molecular complexity index is 1560. The Hall–Kier alpha value is -4.04. The first-order valence-electron chi connectivity index (χ1n) is 12.4. The molecule has 0 aliphatic carbocycles.